The molecule has 1 amide bonds. The second-order valence-corrected chi connectivity index (χ2v) is 4.61. The average molecular weight is 277 g/mol. The van der Waals surface area contributed by atoms with Crippen molar-refractivity contribution in [3.05, 3.63) is 47.5 Å². The molecule has 0 spiro atoms. The maximum atomic E-state index is 11.6. The van der Waals surface area contributed by atoms with Crippen LogP contribution < -0.4 is 5.32 Å². The van der Waals surface area contributed by atoms with Crippen molar-refractivity contribution >= 4 is 12.1 Å². The molecule has 1 aromatic rings. The number of carboxylic acid groups (broad SMARTS) is 1. The first-order valence-electron chi connectivity index (χ1n) is 6.32. The van der Waals surface area contributed by atoms with Crippen LogP contribution in [0, 0.1) is 0 Å². The molecular weight excluding hydrogens is 258 g/mol. The van der Waals surface area contributed by atoms with Gasteiger partial charge in [-0.25, -0.2) is 9.59 Å². The Morgan fingerprint density at radius 2 is 1.95 bits per heavy atom. The standard InChI is InChI=1S/C15H19NO4/c1-11(2)8-9-13(14(17)18)16-15(19)20-10-12-6-4-3-5-7-12/h3-8,13H,9-10H2,1-2H3,(H,16,19)(H,17,18)/t13-/m1/s1. The van der Waals surface area contributed by atoms with Crippen molar-refractivity contribution in [3.63, 3.8) is 0 Å². The maximum absolute atomic E-state index is 11.6. The smallest absolute Gasteiger partial charge is 0.408 e. The van der Waals surface area contributed by atoms with Crippen molar-refractivity contribution in [1.29, 1.82) is 0 Å². The quantitative estimate of drug-likeness (QED) is 0.784. The van der Waals surface area contributed by atoms with Crippen LogP contribution in [-0.2, 0) is 16.1 Å². The van der Waals surface area contributed by atoms with Crippen molar-refractivity contribution in [3.8, 4) is 0 Å². The number of ether oxygens (including phenoxy) is 1. The number of hydrogen-bond acceptors (Lipinski definition) is 3. The number of allylic oxidation sites excluding steroid dienone is 1. The lowest BCUT2D eigenvalue weighted by Crippen LogP contribution is -2.40. The van der Waals surface area contributed by atoms with Gasteiger partial charge in [0.1, 0.15) is 12.6 Å². The van der Waals surface area contributed by atoms with Crippen molar-refractivity contribution in [1.82, 2.24) is 5.32 Å². The van der Waals surface area contributed by atoms with Gasteiger partial charge in [-0.05, 0) is 25.8 Å². The molecule has 0 aliphatic rings. The molecule has 0 saturated carbocycles. The van der Waals surface area contributed by atoms with Gasteiger partial charge in [0, 0.05) is 0 Å². The van der Waals surface area contributed by atoms with Crippen LogP contribution >= 0.6 is 0 Å². The summed E-state index contributed by atoms with van der Waals surface area (Å²) in [5, 5.41) is 11.4. The Hall–Kier alpha value is -2.30. The van der Waals surface area contributed by atoms with Crippen LogP contribution in [0.4, 0.5) is 4.79 Å². The molecule has 20 heavy (non-hydrogen) atoms. The van der Waals surface area contributed by atoms with E-state index in [2.05, 4.69) is 5.32 Å². The topological polar surface area (TPSA) is 75.6 Å². The zero-order valence-electron chi connectivity index (χ0n) is 11.6. The minimum absolute atomic E-state index is 0.113. The molecule has 5 heteroatoms. The first-order chi connectivity index (χ1) is 9.49. The van der Waals surface area contributed by atoms with E-state index in [1.165, 1.54) is 0 Å². The van der Waals surface area contributed by atoms with Crippen molar-refractivity contribution in [2.24, 2.45) is 0 Å². The number of carboxylic acids is 1. The normalized spacial score (nSPS) is 11.3. The number of rotatable bonds is 6. The van der Waals surface area contributed by atoms with Crippen LogP contribution in [0.2, 0.25) is 0 Å². The highest BCUT2D eigenvalue weighted by atomic mass is 16.5. The van der Waals surface area contributed by atoms with Gasteiger partial charge in [0.2, 0.25) is 0 Å². The summed E-state index contributed by atoms with van der Waals surface area (Å²) in [6.45, 7) is 3.85. The predicted molar refractivity (Wildman–Crippen MR) is 75.2 cm³/mol. The van der Waals surface area contributed by atoms with E-state index < -0.39 is 18.1 Å². The molecule has 0 bridgehead atoms. The molecule has 0 saturated heterocycles. The van der Waals surface area contributed by atoms with Gasteiger partial charge in [-0.2, -0.15) is 0 Å². The van der Waals surface area contributed by atoms with Crippen LogP contribution in [0.1, 0.15) is 25.8 Å². The summed E-state index contributed by atoms with van der Waals surface area (Å²) in [6.07, 6.45) is 1.26. The molecule has 0 heterocycles. The molecule has 0 fully saturated rings. The number of alkyl carbamates (subject to hydrolysis) is 1. The number of amides is 1. The third kappa shape index (κ3) is 6.04. The minimum atomic E-state index is -1.08. The largest absolute Gasteiger partial charge is 0.480 e. The molecule has 2 N–H and O–H groups in total. The Morgan fingerprint density at radius 3 is 2.50 bits per heavy atom. The van der Waals surface area contributed by atoms with E-state index >= 15 is 0 Å². The van der Waals surface area contributed by atoms with E-state index in [0.717, 1.165) is 11.1 Å². The van der Waals surface area contributed by atoms with Gasteiger partial charge < -0.3 is 15.2 Å². The van der Waals surface area contributed by atoms with Gasteiger partial charge in [-0.15, -0.1) is 0 Å². The molecule has 1 atom stereocenters. The zero-order chi connectivity index (χ0) is 15.0. The fourth-order valence-electron chi connectivity index (χ4n) is 1.48. The summed E-state index contributed by atoms with van der Waals surface area (Å²) in [5.74, 6) is -1.08. The summed E-state index contributed by atoms with van der Waals surface area (Å²) in [6, 6.07) is 8.21. The van der Waals surface area contributed by atoms with Gasteiger partial charge in [-0.1, -0.05) is 42.0 Å². The van der Waals surface area contributed by atoms with Gasteiger partial charge in [0.05, 0.1) is 0 Å². The number of carbonyl (C=O) groups excluding carboxylic acids is 1. The van der Waals surface area contributed by atoms with Crippen LogP contribution in [0.15, 0.2) is 42.0 Å². The monoisotopic (exact) mass is 277 g/mol. The molecule has 1 rings (SSSR count). The molecule has 0 unspecified atom stereocenters. The Labute approximate surface area is 118 Å². The first-order valence-corrected chi connectivity index (χ1v) is 6.32. The van der Waals surface area contributed by atoms with E-state index in [1.807, 2.05) is 44.2 Å². The molecule has 0 radical (unpaired) electrons. The molecule has 1 aromatic carbocycles. The van der Waals surface area contributed by atoms with E-state index in [9.17, 15) is 9.59 Å². The SMILES string of the molecule is CC(C)=CC[C@@H](NC(=O)OCc1ccccc1)C(=O)O. The number of benzene rings is 1. The molecular formula is C15H19NO4. The molecule has 5 nitrogen and oxygen atoms in total. The van der Waals surface area contributed by atoms with Gasteiger partial charge >= 0.3 is 12.1 Å². The third-order valence-electron chi connectivity index (χ3n) is 2.56. The van der Waals surface area contributed by atoms with Crippen LogP contribution in [0.3, 0.4) is 0 Å². The Kier molecular flexibility index (Phi) is 6.29. The number of nitrogens with one attached hydrogen (secondary N) is 1. The predicted octanol–water partition coefficient (Wildman–Crippen LogP) is 2.72. The zero-order valence-corrected chi connectivity index (χ0v) is 11.6. The lowest BCUT2D eigenvalue weighted by Gasteiger charge is -2.13. The van der Waals surface area contributed by atoms with Crippen LogP contribution in [-0.4, -0.2) is 23.2 Å². The first kappa shape index (κ1) is 15.8. The Bertz CT molecular complexity index is 478. The highest BCUT2D eigenvalue weighted by Crippen LogP contribution is 2.03. The van der Waals surface area contributed by atoms with Crippen molar-refractivity contribution in [2.75, 3.05) is 0 Å². The van der Waals surface area contributed by atoms with Crippen LogP contribution in [0.25, 0.3) is 0 Å². The van der Waals surface area contributed by atoms with E-state index in [0.29, 0.717) is 0 Å². The lowest BCUT2D eigenvalue weighted by atomic mass is 10.1. The third-order valence-corrected chi connectivity index (χ3v) is 2.56. The van der Waals surface area contributed by atoms with E-state index in [1.54, 1.807) is 6.08 Å². The average Bonchev–Trinajstić information content (AvgIpc) is 2.41. The lowest BCUT2D eigenvalue weighted by molar-refractivity contribution is -0.139. The van der Waals surface area contributed by atoms with Crippen LogP contribution in [0.5, 0.6) is 0 Å². The molecule has 0 aliphatic carbocycles. The van der Waals surface area contributed by atoms with Gasteiger partial charge in [0.25, 0.3) is 0 Å². The summed E-state index contributed by atoms with van der Waals surface area (Å²) in [4.78, 5) is 22.6. The summed E-state index contributed by atoms with van der Waals surface area (Å²) in [7, 11) is 0. The van der Waals surface area contributed by atoms with Gasteiger partial charge in [-0.3, -0.25) is 0 Å². The fraction of sp³-hybridized carbons (Fsp3) is 0.333. The van der Waals surface area contributed by atoms with Crippen molar-refractivity contribution < 1.29 is 19.4 Å². The number of aliphatic carboxylic acids is 1. The van der Waals surface area contributed by atoms with E-state index in [-0.39, 0.29) is 13.0 Å². The molecule has 108 valence electrons. The Morgan fingerprint density at radius 1 is 1.30 bits per heavy atom. The van der Waals surface area contributed by atoms with Gasteiger partial charge in [0.15, 0.2) is 0 Å². The second-order valence-electron chi connectivity index (χ2n) is 4.61. The van der Waals surface area contributed by atoms with Crippen molar-refractivity contribution in [2.45, 2.75) is 32.9 Å². The number of carbonyl (C=O) groups is 2. The second kappa shape index (κ2) is 7.99. The molecule has 0 aliphatic heterocycles. The fourth-order valence-corrected chi connectivity index (χ4v) is 1.48. The Balaban J connectivity index is 2.46. The van der Waals surface area contributed by atoms with E-state index in [4.69, 9.17) is 9.84 Å². The minimum Gasteiger partial charge on any atom is -0.480 e. The molecule has 0 aromatic heterocycles. The maximum Gasteiger partial charge on any atom is 0.408 e. The highest BCUT2D eigenvalue weighted by Gasteiger charge is 2.19. The number of hydrogen-bond donors (Lipinski definition) is 2. The summed E-state index contributed by atoms with van der Waals surface area (Å²) < 4.78 is 4.98. The summed E-state index contributed by atoms with van der Waals surface area (Å²) in [5.41, 5.74) is 1.84. The highest BCUT2D eigenvalue weighted by molar-refractivity contribution is 5.80. The summed E-state index contributed by atoms with van der Waals surface area (Å²) >= 11 is 0.